The number of carbonyl (C=O) groups excluding carboxylic acids is 1. The van der Waals surface area contributed by atoms with Crippen LogP contribution in [0.5, 0.6) is 0 Å². The summed E-state index contributed by atoms with van der Waals surface area (Å²) in [5.74, 6) is -0.467. The highest BCUT2D eigenvalue weighted by Gasteiger charge is 2.23. The zero-order valence-electron chi connectivity index (χ0n) is 11.3. The van der Waals surface area contributed by atoms with E-state index in [9.17, 15) is 9.18 Å². The molecule has 3 rings (SSSR count). The quantitative estimate of drug-likeness (QED) is 0.803. The molecule has 0 aromatic heterocycles. The molecule has 5 heteroatoms. The summed E-state index contributed by atoms with van der Waals surface area (Å²) in [7, 11) is 0. The van der Waals surface area contributed by atoms with Crippen LogP contribution < -0.4 is 5.73 Å². The van der Waals surface area contributed by atoms with Crippen molar-refractivity contribution in [2.24, 2.45) is 0 Å². The van der Waals surface area contributed by atoms with E-state index in [4.69, 9.17) is 5.73 Å². The molecule has 3 nitrogen and oxygen atoms in total. The lowest BCUT2D eigenvalue weighted by Crippen LogP contribution is -2.36. The van der Waals surface area contributed by atoms with Crippen molar-refractivity contribution in [1.82, 2.24) is 4.90 Å². The molecule has 2 aromatic carbocycles. The molecule has 1 amide bonds. The van der Waals surface area contributed by atoms with Gasteiger partial charge in [0.2, 0.25) is 0 Å². The van der Waals surface area contributed by atoms with E-state index in [-0.39, 0.29) is 11.7 Å². The molecule has 0 saturated heterocycles. The first kappa shape index (κ1) is 14.1. The molecule has 1 aliphatic rings. The Labute approximate surface area is 130 Å². The van der Waals surface area contributed by atoms with Gasteiger partial charge in [-0.05, 0) is 63.8 Å². The second-order valence-corrected chi connectivity index (χ2v) is 5.98. The van der Waals surface area contributed by atoms with E-state index in [0.29, 0.717) is 28.8 Å². The van der Waals surface area contributed by atoms with Gasteiger partial charge >= 0.3 is 0 Å². The maximum absolute atomic E-state index is 13.1. The Kier molecular flexibility index (Phi) is 3.68. The van der Waals surface area contributed by atoms with Crippen molar-refractivity contribution in [3.05, 3.63) is 63.4 Å². The molecule has 2 aromatic rings. The van der Waals surface area contributed by atoms with Gasteiger partial charge in [0.15, 0.2) is 0 Å². The van der Waals surface area contributed by atoms with E-state index in [2.05, 4.69) is 15.9 Å². The maximum Gasteiger partial charge on any atom is 0.255 e. The normalized spacial score (nSPS) is 13.9. The van der Waals surface area contributed by atoms with Crippen LogP contribution in [-0.4, -0.2) is 17.4 Å². The van der Waals surface area contributed by atoms with Crippen LogP contribution in [0, 0.1) is 5.82 Å². The van der Waals surface area contributed by atoms with Gasteiger partial charge in [0.25, 0.3) is 5.91 Å². The number of anilines is 1. The molecule has 1 aliphatic heterocycles. The summed E-state index contributed by atoms with van der Waals surface area (Å²) in [6.45, 7) is 1.18. The molecule has 0 spiro atoms. The molecule has 0 saturated carbocycles. The number of amides is 1. The number of fused-ring (bicyclic) bond motifs is 1. The van der Waals surface area contributed by atoms with Gasteiger partial charge in [0.1, 0.15) is 5.82 Å². The zero-order valence-corrected chi connectivity index (χ0v) is 12.9. The molecular weight excluding hydrogens is 335 g/mol. The average Bonchev–Trinajstić information content (AvgIpc) is 2.46. The number of nitrogens with zero attached hydrogens (tertiary/aromatic N) is 1. The molecule has 0 fully saturated rings. The fourth-order valence-electron chi connectivity index (χ4n) is 2.58. The number of nitrogens with two attached hydrogens (primary N) is 1. The van der Waals surface area contributed by atoms with Crippen LogP contribution in [0.1, 0.15) is 21.5 Å². The number of nitrogen functional groups attached to an aromatic ring is 1. The monoisotopic (exact) mass is 348 g/mol. The fraction of sp³-hybridized carbons (Fsp3) is 0.188. The van der Waals surface area contributed by atoms with Crippen LogP contribution >= 0.6 is 15.9 Å². The Balaban J connectivity index is 1.87. The SMILES string of the molecule is Nc1ccc2c(c1)CN(C(=O)c1ccc(F)cc1Br)CC2. The number of hydrogen-bond acceptors (Lipinski definition) is 2. The van der Waals surface area contributed by atoms with E-state index in [1.165, 1.54) is 23.8 Å². The Hall–Kier alpha value is -1.88. The highest BCUT2D eigenvalue weighted by Crippen LogP contribution is 2.25. The molecule has 0 bridgehead atoms. The Morgan fingerprint density at radius 3 is 2.76 bits per heavy atom. The summed E-state index contributed by atoms with van der Waals surface area (Å²) in [4.78, 5) is 14.3. The highest BCUT2D eigenvalue weighted by atomic mass is 79.9. The van der Waals surface area contributed by atoms with E-state index < -0.39 is 0 Å². The van der Waals surface area contributed by atoms with Gasteiger partial charge in [-0.15, -0.1) is 0 Å². The summed E-state index contributed by atoms with van der Waals surface area (Å²) in [6, 6.07) is 9.93. The summed E-state index contributed by atoms with van der Waals surface area (Å²) in [5, 5.41) is 0. The molecular formula is C16H14BrFN2O. The van der Waals surface area contributed by atoms with E-state index in [1.54, 1.807) is 4.90 Å². The molecule has 21 heavy (non-hydrogen) atoms. The van der Waals surface area contributed by atoms with Crippen LogP contribution in [0.25, 0.3) is 0 Å². The predicted octanol–water partition coefficient (Wildman–Crippen LogP) is 3.37. The third-order valence-corrected chi connectivity index (χ3v) is 4.35. The van der Waals surface area contributed by atoms with Crippen molar-refractivity contribution in [2.45, 2.75) is 13.0 Å². The maximum atomic E-state index is 13.1. The minimum absolute atomic E-state index is 0.102. The van der Waals surface area contributed by atoms with Gasteiger partial charge in [-0.1, -0.05) is 6.07 Å². The van der Waals surface area contributed by atoms with Gasteiger partial charge < -0.3 is 10.6 Å². The lowest BCUT2D eigenvalue weighted by molar-refractivity contribution is 0.0734. The second kappa shape index (κ2) is 5.48. The molecule has 0 aliphatic carbocycles. The minimum atomic E-state index is -0.366. The number of rotatable bonds is 1. The van der Waals surface area contributed by atoms with Crippen molar-refractivity contribution < 1.29 is 9.18 Å². The first-order valence-corrected chi connectivity index (χ1v) is 7.45. The molecule has 0 unspecified atom stereocenters. The number of carbonyl (C=O) groups is 1. The molecule has 1 heterocycles. The summed E-state index contributed by atoms with van der Waals surface area (Å²) in [6.07, 6.45) is 0.806. The van der Waals surface area contributed by atoms with E-state index in [1.807, 2.05) is 18.2 Å². The first-order valence-electron chi connectivity index (χ1n) is 6.66. The summed E-state index contributed by atoms with van der Waals surface area (Å²) in [5.41, 5.74) is 9.28. The largest absolute Gasteiger partial charge is 0.399 e. The van der Waals surface area contributed by atoms with Gasteiger partial charge in [-0.25, -0.2) is 4.39 Å². The molecule has 0 atom stereocenters. The Bertz CT molecular complexity index is 717. The summed E-state index contributed by atoms with van der Waals surface area (Å²) < 4.78 is 13.6. The fourth-order valence-corrected chi connectivity index (χ4v) is 3.10. The van der Waals surface area contributed by atoms with Crippen molar-refractivity contribution >= 4 is 27.5 Å². The first-order chi connectivity index (χ1) is 10.0. The van der Waals surface area contributed by atoms with Gasteiger partial charge in [0, 0.05) is 23.2 Å². The smallest absolute Gasteiger partial charge is 0.255 e. The number of benzene rings is 2. The van der Waals surface area contributed by atoms with Crippen LogP contribution in [0.3, 0.4) is 0 Å². The minimum Gasteiger partial charge on any atom is -0.399 e. The van der Waals surface area contributed by atoms with Gasteiger partial charge in [-0.2, -0.15) is 0 Å². The molecule has 0 radical (unpaired) electrons. The lowest BCUT2D eigenvalue weighted by atomic mass is 9.98. The molecule has 108 valence electrons. The second-order valence-electron chi connectivity index (χ2n) is 5.13. The van der Waals surface area contributed by atoms with Crippen LogP contribution in [-0.2, 0) is 13.0 Å². The van der Waals surface area contributed by atoms with Crippen molar-refractivity contribution in [2.75, 3.05) is 12.3 Å². The van der Waals surface area contributed by atoms with Crippen LogP contribution in [0.15, 0.2) is 40.9 Å². The van der Waals surface area contributed by atoms with Gasteiger partial charge in [-0.3, -0.25) is 4.79 Å². The third-order valence-electron chi connectivity index (χ3n) is 3.69. The predicted molar refractivity (Wildman–Crippen MR) is 83.4 cm³/mol. The van der Waals surface area contributed by atoms with Crippen molar-refractivity contribution in [3.63, 3.8) is 0 Å². The zero-order chi connectivity index (χ0) is 15.0. The Morgan fingerprint density at radius 1 is 1.19 bits per heavy atom. The summed E-state index contributed by atoms with van der Waals surface area (Å²) >= 11 is 3.25. The number of halogens is 2. The standard InChI is InChI=1S/C16H14BrFN2O/c17-15-8-12(18)2-4-14(15)16(21)20-6-5-10-1-3-13(19)7-11(10)9-20/h1-4,7-8H,5-6,9,19H2. The van der Waals surface area contributed by atoms with Gasteiger partial charge in [0.05, 0.1) is 5.56 Å². The number of hydrogen-bond donors (Lipinski definition) is 1. The highest BCUT2D eigenvalue weighted by molar-refractivity contribution is 9.10. The lowest BCUT2D eigenvalue weighted by Gasteiger charge is -2.29. The van der Waals surface area contributed by atoms with Crippen LogP contribution in [0.4, 0.5) is 10.1 Å². The topological polar surface area (TPSA) is 46.3 Å². The Morgan fingerprint density at radius 2 is 2.00 bits per heavy atom. The molecule has 2 N–H and O–H groups in total. The third kappa shape index (κ3) is 2.78. The van der Waals surface area contributed by atoms with E-state index >= 15 is 0 Å². The van der Waals surface area contributed by atoms with Crippen molar-refractivity contribution in [3.8, 4) is 0 Å². The van der Waals surface area contributed by atoms with E-state index in [0.717, 1.165) is 12.0 Å². The van der Waals surface area contributed by atoms with Crippen LogP contribution in [0.2, 0.25) is 0 Å². The average molecular weight is 349 g/mol. The van der Waals surface area contributed by atoms with Crippen molar-refractivity contribution in [1.29, 1.82) is 0 Å².